The van der Waals surface area contributed by atoms with Gasteiger partial charge in [0.1, 0.15) is 0 Å². The zero-order chi connectivity index (χ0) is 16.6. The quantitative estimate of drug-likeness (QED) is 0.886. The van der Waals surface area contributed by atoms with Gasteiger partial charge in [-0.15, -0.1) is 0 Å². The molecule has 1 aliphatic rings. The van der Waals surface area contributed by atoms with E-state index in [2.05, 4.69) is 15.4 Å². The van der Waals surface area contributed by atoms with Crippen LogP contribution in [0.15, 0.2) is 10.9 Å². The molecule has 3 heterocycles. The summed E-state index contributed by atoms with van der Waals surface area (Å²) in [7, 11) is 0. The second kappa shape index (κ2) is 6.16. The molecular formula is C16H22N4O3. The predicted molar refractivity (Wildman–Crippen MR) is 85.3 cm³/mol. The van der Waals surface area contributed by atoms with Gasteiger partial charge in [-0.2, -0.15) is 0 Å². The van der Waals surface area contributed by atoms with Crippen molar-refractivity contribution in [3.8, 4) is 0 Å². The molecule has 2 aromatic heterocycles. The number of carbonyl (C=O) groups excluding carboxylic acids is 1. The second-order valence-corrected chi connectivity index (χ2v) is 6.12. The van der Waals surface area contributed by atoms with Gasteiger partial charge in [0.05, 0.1) is 12.0 Å². The number of aryl methyl sites for hydroxylation is 2. The first-order valence-corrected chi connectivity index (χ1v) is 7.94. The number of aromatic amines is 1. The Balaban J connectivity index is 1.78. The lowest BCUT2D eigenvalue weighted by molar-refractivity contribution is -0.133. The molecule has 1 amide bonds. The molecule has 2 N–H and O–H groups in total. The van der Waals surface area contributed by atoms with Crippen LogP contribution in [0.4, 0.5) is 0 Å². The molecule has 0 spiro atoms. The van der Waals surface area contributed by atoms with Crippen molar-refractivity contribution in [3.63, 3.8) is 0 Å². The highest BCUT2D eigenvalue weighted by Crippen LogP contribution is 2.21. The molecule has 0 aromatic carbocycles. The molecule has 1 aliphatic heterocycles. The predicted octanol–water partition coefficient (Wildman–Crippen LogP) is 1.07. The fourth-order valence-electron chi connectivity index (χ4n) is 3.19. The number of aromatic nitrogens is 3. The molecule has 2 aromatic rings. The van der Waals surface area contributed by atoms with Gasteiger partial charge in [-0.1, -0.05) is 0 Å². The number of fused-ring (bicyclic) bond motifs is 1. The van der Waals surface area contributed by atoms with Crippen LogP contribution >= 0.6 is 0 Å². The second-order valence-electron chi connectivity index (χ2n) is 6.12. The summed E-state index contributed by atoms with van der Waals surface area (Å²) in [5, 5.41) is 5.71. The number of nitrogens with one attached hydrogen (secondary N) is 2. The Morgan fingerprint density at radius 1 is 1.52 bits per heavy atom. The van der Waals surface area contributed by atoms with Crippen molar-refractivity contribution in [2.24, 2.45) is 5.92 Å². The number of nitrogens with zero attached hydrogens (tertiary/aromatic N) is 2. The number of amides is 1. The summed E-state index contributed by atoms with van der Waals surface area (Å²) in [4.78, 5) is 28.3. The van der Waals surface area contributed by atoms with Crippen molar-refractivity contribution < 1.29 is 9.53 Å². The molecule has 2 atom stereocenters. The van der Waals surface area contributed by atoms with Crippen molar-refractivity contribution in [1.82, 2.24) is 19.9 Å². The molecule has 3 rings (SSSR count). The maximum absolute atomic E-state index is 12.4. The molecule has 0 aliphatic carbocycles. The molecule has 0 bridgehead atoms. The molecule has 2 unspecified atom stereocenters. The van der Waals surface area contributed by atoms with Crippen LogP contribution in [0, 0.1) is 19.8 Å². The van der Waals surface area contributed by atoms with Crippen LogP contribution < -0.4 is 10.9 Å². The maximum atomic E-state index is 12.4. The minimum atomic E-state index is -0.186. The van der Waals surface area contributed by atoms with E-state index in [4.69, 9.17) is 4.74 Å². The van der Waals surface area contributed by atoms with Gasteiger partial charge in [0, 0.05) is 36.2 Å². The van der Waals surface area contributed by atoms with Crippen molar-refractivity contribution in [2.45, 2.75) is 46.3 Å². The van der Waals surface area contributed by atoms with Crippen LogP contribution in [0.5, 0.6) is 0 Å². The summed E-state index contributed by atoms with van der Waals surface area (Å²) >= 11 is 0. The molecule has 1 saturated heterocycles. The molecule has 7 nitrogen and oxygen atoms in total. The highest BCUT2D eigenvalue weighted by atomic mass is 16.5. The Morgan fingerprint density at radius 2 is 2.30 bits per heavy atom. The van der Waals surface area contributed by atoms with E-state index in [-0.39, 0.29) is 23.5 Å². The number of carbonyl (C=O) groups is 1. The summed E-state index contributed by atoms with van der Waals surface area (Å²) in [6, 6.07) is 1.46. The average molecular weight is 318 g/mol. The van der Waals surface area contributed by atoms with Gasteiger partial charge >= 0.3 is 0 Å². The fraction of sp³-hybridized carbons (Fsp3) is 0.562. The van der Waals surface area contributed by atoms with Crippen LogP contribution in [-0.2, 0) is 16.1 Å². The third-order valence-corrected chi connectivity index (χ3v) is 4.59. The first-order chi connectivity index (χ1) is 11.0. The van der Waals surface area contributed by atoms with Crippen molar-refractivity contribution in [2.75, 3.05) is 6.61 Å². The van der Waals surface area contributed by atoms with E-state index in [0.29, 0.717) is 12.2 Å². The van der Waals surface area contributed by atoms with Gasteiger partial charge in [0.2, 0.25) is 5.91 Å². The highest BCUT2D eigenvalue weighted by molar-refractivity contribution is 5.79. The first kappa shape index (κ1) is 15.7. The third-order valence-electron chi connectivity index (χ3n) is 4.59. The Hall–Kier alpha value is -2.15. The summed E-state index contributed by atoms with van der Waals surface area (Å²) in [6.45, 7) is 6.86. The fourth-order valence-corrected chi connectivity index (χ4v) is 3.19. The van der Waals surface area contributed by atoms with E-state index in [1.54, 1.807) is 4.52 Å². The van der Waals surface area contributed by atoms with E-state index in [0.717, 1.165) is 36.4 Å². The molecule has 0 radical (unpaired) electrons. The van der Waals surface area contributed by atoms with Gasteiger partial charge in [-0.05, 0) is 33.6 Å². The van der Waals surface area contributed by atoms with E-state index in [1.165, 1.54) is 6.07 Å². The number of hydrogen-bond acceptors (Lipinski definition) is 4. The van der Waals surface area contributed by atoms with E-state index in [9.17, 15) is 9.59 Å². The molecule has 1 fully saturated rings. The van der Waals surface area contributed by atoms with Gasteiger partial charge in [0.25, 0.3) is 5.56 Å². The zero-order valence-electron chi connectivity index (χ0n) is 13.7. The zero-order valence-corrected chi connectivity index (χ0v) is 13.7. The minimum absolute atomic E-state index is 0.0112. The highest BCUT2D eigenvalue weighted by Gasteiger charge is 2.28. The van der Waals surface area contributed by atoms with Crippen LogP contribution in [0.25, 0.3) is 5.65 Å². The lowest BCUT2D eigenvalue weighted by atomic mass is 9.94. The normalized spacial score (nSPS) is 21.5. The van der Waals surface area contributed by atoms with Crippen LogP contribution in [-0.4, -0.2) is 33.2 Å². The maximum Gasteiger partial charge on any atom is 0.266 e. The van der Waals surface area contributed by atoms with E-state index in [1.807, 2.05) is 20.8 Å². The van der Waals surface area contributed by atoms with Crippen molar-refractivity contribution in [1.29, 1.82) is 0 Å². The van der Waals surface area contributed by atoms with Crippen molar-refractivity contribution >= 4 is 11.6 Å². The SMILES string of the molecule is Cc1nc2cc(=O)[nH]n2c(C)c1CNC(=O)C1CCCOC1C. The molecule has 23 heavy (non-hydrogen) atoms. The van der Waals surface area contributed by atoms with Gasteiger partial charge in [0.15, 0.2) is 5.65 Å². The Kier molecular flexibility index (Phi) is 4.21. The largest absolute Gasteiger partial charge is 0.378 e. The van der Waals surface area contributed by atoms with Gasteiger partial charge in [-0.3, -0.25) is 14.7 Å². The number of ether oxygens (including phenoxy) is 1. The smallest absolute Gasteiger partial charge is 0.266 e. The summed E-state index contributed by atoms with van der Waals surface area (Å²) in [5.41, 5.74) is 3.02. The lowest BCUT2D eigenvalue weighted by Gasteiger charge is -2.28. The number of hydrogen-bond donors (Lipinski definition) is 2. The van der Waals surface area contributed by atoms with Crippen LogP contribution in [0.3, 0.4) is 0 Å². The topological polar surface area (TPSA) is 88.5 Å². The summed E-state index contributed by atoms with van der Waals surface area (Å²) in [5.74, 6) is -0.0930. The Labute approximate surface area is 134 Å². The average Bonchev–Trinajstić information content (AvgIpc) is 2.88. The number of rotatable bonds is 3. The standard InChI is InChI=1S/C16H22N4O3/c1-9-13(10(2)20-14(18-9)7-15(21)19-20)8-17-16(22)12-5-4-6-23-11(12)3/h7,11-12H,4-6,8H2,1-3H3,(H,17,22)(H,19,21). The monoisotopic (exact) mass is 318 g/mol. The molecular weight excluding hydrogens is 296 g/mol. The number of H-pyrrole nitrogens is 1. The summed E-state index contributed by atoms with van der Waals surface area (Å²) < 4.78 is 7.21. The molecule has 7 heteroatoms. The summed E-state index contributed by atoms with van der Waals surface area (Å²) in [6.07, 6.45) is 1.72. The Bertz CT molecular complexity index is 792. The minimum Gasteiger partial charge on any atom is -0.378 e. The van der Waals surface area contributed by atoms with Crippen LogP contribution in [0.1, 0.15) is 36.7 Å². The van der Waals surface area contributed by atoms with E-state index < -0.39 is 0 Å². The molecule has 0 saturated carbocycles. The third kappa shape index (κ3) is 3.01. The van der Waals surface area contributed by atoms with Gasteiger partial charge < -0.3 is 10.1 Å². The molecule has 124 valence electrons. The van der Waals surface area contributed by atoms with Crippen molar-refractivity contribution in [3.05, 3.63) is 33.4 Å². The van der Waals surface area contributed by atoms with E-state index >= 15 is 0 Å². The van der Waals surface area contributed by atoms with Crippen LogP contribution in [0.2, 0.25) is 0 Å². The first-order valence-electron chi connectivity index (χ1n) is 7.94. The lowest BCUT2D eigenvalue weighted by Crippen LogP contribution is -2.40. The Morgan fingerprint density at radius 3 is 3.04 bits per heavy atom. The van der Waals surface area contributed by atoms with Gasteiger partial charge in [-0.25, -0.2) is 9.50 Å².